The molecule has 0 aromatic carbocycles. The molecule has 0 radical (unpaired) electrons. The van der Waals surface area contributed by atoms with Gasteiger partial charge >= 0.3 is 6.03 Å². The number of nitrogens with two attached hydrogens (primary N) is 1. The lowest BCUT2D eigenvalue weighted by Crippen LogP contribution is -2.40. The number of aromatic nitrogens is 2. The summed E-state index contributed by atoms with van der Waals surface area (Å²) in [4.78, 5) is 22.0. The monoisotopic (exact) mass is 368 g/mol. The van der Waals surface area contributed by atoms with Crippen LogP contribution in [-0.4, -0.2) is 41.9 Å². The Hall–Kier alpha value is -2.51. The van der Waals surface area contributed by atoms with Crippen LogP contribution in [0.3, 0.4) is 0 Å². The molecule has 1 fully saturated rings. The van der Waals surface area contributed by atoms with Crippen molar-refractivity contribution in [2.45, 2.75) is 38.4 Å². The van der Waals surface area contributed by atoms with Gasteiger partial charge in [-0.3, -0.25) is 9.88 Å². The normalized spacial score (nSPS) is 17.6. The maximum absolute atomic E-state index is 11.6. The Labute approximate surface area is 158 Å². The van der Waals surface area contributed by atoms with E-state index in [1.807, 2.05) is 12.4 Å². The number of carbonyl (C=O) groups is 1. The van der Waals surface area contributed by atoms with Crippen LogP contribution >= 0.6 is 0 Å². The van der Waals surface area contributed by atoms with Gasteiger partial charge in [0.2, 0.25) is 0 Å². The minimum absolute atomic E-state index is 0.257. The topological polar surface area (TPSA) is 90.6 Å². The summed E-state index contributed by atoms with van der Waals surface area (Å²) >= 11 is 0. The molecule has 27 heavy (non-hydrogen) atoms. The molecular formula is C20H24N4O3. The van der Waals surface area contributed by atoms with Gasteiger partial charge in [-0.25, -0.2) is 9.78 Å². The van der Waals surface area contributed by atoms with E-state index in [-0.39, 0.29) is 6.10 Å². The van der Waals surface area contributed by atoms with E-state index in [4.69, 9.17) is 15.2 Å². The first-order chi connectivity index (χ1) is 13.2. The third-order valence-corrected chi connectivity index (χ3v) is 5.07. The number of carbonyl (C=O) groups excluding carboxylic acids is 1. The average molecular weight is 368 g/mol. The number of hydrogen-bond acceptors (Lipinski definition) is 5. The highest BCUT2D eigenvalue weighted by molar-refractivity contribution is 5.91. The highest BCUT2D eigenvalue weighted by atomic mass is 16.5. The third-order valence-electron chi connectivity index (χ3n) is 5.07. The van der Waals surface area contributed by atoms with E-state index in [9.17, 15) is 4.79 Å². The van der Waals surface area contributed by atoms with E-state index in [0.29, 0.717) is 19.0 Å². The molecule has 4 heterocycles. The first kappa shape index (κ1) is 17.9. The second kappa shape index (κ2) is 8.02. The summed E-state index contributed by atoms with van der Waals surface area (Å²) in [6, 6.07) is 3.72. The fraction of sp³-hybridized carbons (Fsp3) is 0.450. The highest BCUT2D eigenvalue weighted by Gasteiger charge is 2.22. The number of amides is 2. The number of anilines is 1. The first-order valence-electron chi connectivity index (χ1n) is 9.40. The zero-order chi connectivity index (χ0) is 18.6. The van der Waals surface area contributed by atoms with Gasteiger partial charge < -0.3 is 15.2 Å². The van der Waals surface area contributed by atoms with Crippen LogP contribution in [0.5, 0.6) is 0 Å². The first-order valence-corrected chi connectivity index (χ1v) is 9.40. The fourth-order valence-corrected chi connectivity index (χ4v) is 3.62. The predicted octanol–water partition coefficient (Wildman–Crippen LogP) is 2.67. The van der Waals surface area contributed by atoms with Crippen molar-refractivity contribution in [1.29, 1.82) is 0 Å². The molecule has 0 saturated carbocycles. The van der Waals surface area contributed by atoms with Crippen LogP contribution in [0.2, 0.25) is 0 Å². The van der Waals surface area contributed by atoms with Gasteiger partial charge in [-0.05, 0) is 48.9 Å². The van der Waals surface area contributed by atoms with Gasteiger partial charge in [0.05, 0.1) is 12.7 Å². The maximum atomic E-state index is 11.6. The second-order valence-corrected chi connectivity index (χ2v) is 7.00. The molecule has 0 unspecified atom stereocenters. The number of pyridine rings is 2. The minimum atomic E-state index is -0.454. The molecule has 0 aliphatic carbocycles. The van der Waals surface area contributed by atoms with Crippen molar-refractivity contribution in [3.8, 4) is 11.1 Å². The Kier molecular flexibility index (Phi) is 5.31. The van der Waals surface area contributed by atoms with Crippen LogP contribution in [0.25, 0.3) is 11.1 Å². The van der Waals surface area contributed by atoms with Crippen molar-refractivity contribution in [2.75, 3.05) is 24.7 Å². The molecule has 2 aromatic rings. The molecule has 2 amide bonds. The minimum Gasteiger partial charge on any atom is -0.381 e. The Morgan fingerprint density at radius 1 is 1.22 bits per heavy atom. The van der Waals surface area contributed by atoms with Crippen molar-refractivity contribution in [2.24, 2.45) is 5.73 Å². The van der Waals surface area contributed by atoms with Gasteiger partial charge in [0.25, 0.3) is 0 Å². The van der Waals surface area contributed by atoms with Crippen molar-refractivity contribution in [3.63, 3.8) is 0 Å². The Morgan fingerprint density at radius 3 is 2.85 bits per heavy atom. The molecule has 2 N–H and O–H groups in total. The standard InChI is InChI=1S/C20H24N4O3/c21-20(25)24-5-1-2-15-9-17(12-23-19(15)24)16-8-14(10-22-11-16)13-27-18-3-6-26-7-4-18/h8-12,18H,1-7,13H2,(H2,21,25). The molecule has 7 heteroatoms. The van der Waals surface area contributed by atoms with Gasteiger partial charge in [-0.15, -0.1) is 0 Å². The predicted molar refractivity (Wildman–Crippen MR) is 101 cm³/mol. The number of aryl methyl sites for hydroxylation is 1. The van der Waals surface area contributed by atoms with Gasteiger partial charge in [-0.1, -0.05) is 0 Å². The van der Waals surface area contributed by atoms with Crippen LogP contribution in [0.1, 0.15) is 30.4 Å². The summed E-state index contributed by atoms with van der Waals surface area (Å²) in [6.07, 6.45) is 9.36. The molecule has 2 aliphatic heterocycles. The summed E-state index contributed by atoms with van der Waals surface area (Å²) < 4.78 is 11.4. The molecule has 2 aliphatic rings. The second-order valence-electron chi connectivity index (χ2n) is 7.00. The van der Waals surface area contributed by atoms with Crippen LogP contribution in [0, 0.1) is 0 Å². The van der Waals surface area contributed by atoms with Gasteiger partial charge in [0.1, 0.15) is 5.82 Å². The molecule has 0 bridgehead atoms. The Bertz CT molecular complexity index is 821. The SMILES string of the molecule is NC(=O)N1CCCc2cc(-c3cncc(COC4CCOCC4)c3)cnc21. The number of primary amides is 1. The summed E-state index contributed by atoms with van der Waals surface area (Å²) in [5.74, 6) is 0.671. The van der Waals surface area contributed by atoms with E-state index in [1.165, 1.54) is 0 Å². The van der Waals surface area contributed by atoms with Crippen LogP contribution in [-0.2, 0) is 22.5 Å². The molecule has 0 atom stereocenters. The van der Waals surface area contributed by atoms with Crippen molar-refractivity contribution >= 4 is 11.8 Å². The third kappa shape index (κ3) is 4.09. The van der Waals surface area contributed by atoms with Crippen molar-refractivity contribution in [3.05, 3.63) is 41.9 Å². The highest BCUT2D eigenvalue weighted by Crippen LogP contribution is 2.29. The number of ether oxygens (including phenoxy) is 2. The zero-order valence-electron chi connectivity index (χ0n) is 15.3. The summed E-state index contributed by atoms with van der Waals surface area (Å²) in [5, 5.41) is 0. The lowest BCUT2D eigenvalue weighted by Gasteiger charge is -2.27. The van der Waals surface area contributed by atoms with Crippen molar-refractivity contribution < 1.29 is 14.3 Å². The molecule has 4 rings (SSSR count). The Balaban J connectivity index is 1.51. The number of fused-ring (bicyclic) bond motifs is 1. The van der Waals surface area contributed by atoms with E-state index in [0.717, 1.165) is 61.2 Å². The molecule has 1 saturated heterocycles. The van der Waals surface area contributed by atoms with E-state index in [1.54, 1.807) is 11.1 Å². The van der Waals surface area contributed by atoms with E-state index >= 15 is 0 Å². The van der Waals surface area contributed by atoms with Crippen LogP contribution < -0.4 is 10.6 Å². The number of nitrogens with zero attached hydrogens (tertiary/aromatic N) is 3. The molecular weight excluding hydrogens is 344 g/mol. The Morgan fingerprint density at radius 2 is 2.04 bits per heavy atom. The fourth-order valence-electron chi connectivity index (χ4n) is 3.62. The lowest BCUT2D eigenvalue weighted by atomic mass is 10.0. The average Bonchev–Trinajstić information content (AvgIpc) is 2.72. The summed E-state index contributed by atoms with van der Waals surface area (Å²) in [5.41, 5.74) is 9.52. The van der Waals surface area contributed by atoms with E-state index in [2.05, 4.69) is 22.1 Å². The number of urea groups is 1. The van der Waals surface area contributed by atoms with Gasteiger partial charge in [-0.2, -0.15) is 0 Å². The largest absolute Gasteiger partial charge is 0.381 e. The summed E-state index contributed by atoms with van der Waals surface area (Å²) in [6.45, 7) is 2.70. The van der Waals surface area contributed by atoms with Crippen LogP contribution in [0.15, 0.2) is 30.7 Å². The molecule has 0 spiro atoms. The van der Waals surface area contributed by atoms with Crippen molar-refractivity contribution in [1.82, 2.24) is 9.97 Å². The molecule has 7 nitrogen and oxygen atoms in total. The quantitative estimate of drug-likeness (QED) is 0.896. The zero-order valence-corrected chi connectivity index (χ0v) is 15.3. The maximum Gasteiger partial charge on any atom is 0.320 e. The van der Waals surface area contributed by atoms with E-state index < -0.39 is 6.03 Å². The number of rotatable bonds is 4. The molecule has 2 aromatic heterocycles. The van der Waals surface area contributed by atoms with Gasteiger partial charge in [0.15, 0.2) is 0 Å². The lowest BCUT2D eigenvalue weighted by molar-refractivity contribution is -0.0391. The van der Waals surface area contributed by atoms with Crippen LogP contribution in [0.4, 0.5) is 10.6 Å². The smallest absolute Gasteiger partial charge is 0.320 e. The molecule has 142 valence electrons. The van der Waals surface area contributed by atoms with Gasteiger partial charge in [0, 0.05) is 49.5 Å². The number of hydrogen-bond donors (Lipinski definition) is 1. The summed E-state index contributed by atoms with van der Waals surface area (Å²) in [7, 11) is 0.